The molecular weight excluding hydrogens is 146 g/mol. The van der Waals surface area contributed by atoms with Crippen molar-refractivity contribution in [1.82, 2.24) is 0 Å². The molecule has 0 aromatic heterocycles. The van der Waals surface area contributed by atoms with Crippen molar-refractivity contribution in [2.24, 2.45) is 22.6 Å². The molecule has 0 saturated heterocycles. The maximum absolute atomic E-state index is 5.37. The molecule has 0 heterocycles. The molecule has 0 amide bonds. The van der Waals surface area contributed by atoms with Crippen LogP contribution in [-0.2, 0) is 0 Å². The maximum atomic E-state index is 5.37. The summed E-state index contributed by atoms with van der Waals surface area (Å²) in [5.74, 6) is 6.98. The second kappa shape index (κ2) is 3.71. The highest BCUT2D eigenvalue weighted by Crippen LogP contribution is 2.33. The third kappa shape index (κ3) is 2.96. The molecule has 0 aromatic rings. The van der Waals surface area contributed by atoms with Gasteiger partial charge < -0.3 is 11.6 Å². The molecule has 1 aliphatic rings. The number of hydrogen-bond donors (Lipinski definition) is 2. The van der Waals surface area contributed by atoms with Gasteiger partial charge >= 0.3 is 0 Å². The Balaban J connectivity index is 1.93. The highest BCUT2D eigenvalue weighted by Gasteiger charge is 2.20. The molecule has 0 bridgehead atoms. The summed E-state index contributed by atoms with van der Waals surface area (Å²) < 4.78 is 0. The maximum Gasteiger partial charge on any atom is 0.177 e. The van der Waals surface area contributed by atoms with E-state index in [1.807, 2.05) is 0 Å². The molecule has 3 nitrogen and oxygen atoms in total. The van der Waals surface area contributed by atoms with E-state index in [2.05, 4.69) is 5.10 Å². The summed E-state index contributed by atoms with van der Waals surface area (Å²) in [5, 5.41) is 3.86. The lowest BCUT2D eigenvalue weighted by atomic mass is 10.3. The summed E-state index contributed by atoms with van der Waals surface area (Å²) >= 11 is 1.55. The van der Waals surface area contributed by atoms with Crippen LogP contribution < -0.4 is 11.6 Å². The van der Waals surface area contributed by atoms with E-state index < -0.39 is 0 Å². The van der Waals surface area contributed by atoms with Crippen molar-refractivity contribution in [1.29, 1.82) is 0 Å². The van der Waals surface area contributed by atoms with Crippen LogP contribution >= 0.6 is 11.8 Å². The van der Waals surface area contributed by atoms with E-state index in [0.717, 1.165) is 11.7 Å². The number of hydrogen-bond acceptors (Lipinski definition) is 3. The van der Waals surface area contributed by atoms with Crippen LogP contribution in [0.25, 0.3) is 0 Å². The van der Waals surface area contributed by atoms with Crippen LogP contribution in [0.1, 0.15) is 19.3 Å². The number of hydrazone groups is 1. The van der Waals surface area contributed by atoms with E-state index in [1.165, 1.54) is 19.3 Å². The van der Waals surface area contributed by atoms with Crippen molar-refractivity contribution in [3.8, 4) is 0 Å². The summed E-state index contributed by atoms with van der Waals surface area (Å²) in [7, 11) is 0. The first-order valence-corrected chi connectivity index (χ1v) is 4.47. The average Bonchev–Trinajstić information content (AvgIpc) is 2.71. The second-order valence-corrected chi connectivity index (χ2v) is 3.66. The monoisotopic (exact) mass is 159 g/mol. The lowest BCUT2D eigenvalue weighted by Gasteiger charge is -1.96. The fourth-order valence-corrected chi connectivity index (χ4v) is 1.51. The van der Waals surface area contributed by atoms with Crippen molar-refractivity contribution < 1.29 is 0 Å². The van der Waals surface area contributed by atoms with Gasteiger partial charge in [0.25, 0.3) is 0 Å². The third-order valence-electron chi connectivity index (χ3n) is 1.60. The van der Waals surface area contributed by atoms with Crippen LogP contribution in [0.2, 0.25) is 0 Å². The molecule has 1 fully saturated rings. The molecule has 0 spiro atoms. The van der Waals surface area contributed by atoms with Crippen LogP contribution in [0.4, 0.5) is 0 Å². The van der Waals surface area contributed by atoms with Crippen LogP contribution in [0.15, 0.2) is 5.10 Å². The molecule has 10 heavy (non-hydrogen) atoms. The summed E-state index contributed by atoms with van der Waals surface area (Å²) in [6.07, 6.45) is 4.07. The summed E-state index contributed by atoms with van der Waals surface area (Å²) in [6.45, 7) is 0. The Kier molecular flexibility index (Phi) is 2.86. The van der Waals surface area contributed by atoms with E-state index in [-0.39, 0.29) is 0 Å². The van der Waals surface area contributed by atoms with E-state index in [1.54, 1.807) is 11.8 Å². The topological polar surface area (TPSA) is 64.4 Å². The zero-order valence-electron chi connectivity index (χ0n) is 5.92. The van der Waals surface area contributed by atoms with Crippen molar-refractivity contribution in [2.45, 2.75) is 19.3 Å². The number of rotatable bonds is 3. The number of amidine groups is 1. The van der Waals surface area contributed by atoms with E-state index in [0.29, 0.717) is 5.17 Å². The van der Waals surface area contributed by atoms with E-state index in [4.69, 9.17) is 11.6 Å². The summed E-state index contributed by atoms with van der Waals surface area (Å²) in [4.78, 5) is 0. The molecule has 1 aliphatic carbocycles. The lowest BCUT2D eigenvalue weighted by Crippen LogP contribution is -2.09. The zero-order chi connectivity index (χ0) is 7.40. The van der Waals surface area contributed by atoms with Gasteiger partial charge in [0.1, 0.15) is 0 Å². The smallest absolute Gasteiger partial charge is 0.177 e. The molecule has 4 N–H and O–H groups in total. The van der Waals surface area contributed by atoms with Crippen molar-refractivity contribution >= 4 is 16.9 Å². The largest absolute Gasteiger partial charge is 0.377 e. The van der Waals surface area contributed by atoms with Crippen LogP contribution in [0.3, 0.4) is 0 Å². The van der Waals surface area contributed by atoms with Gasteiger partial charge in [-0.1, -0.05) is 24.6 Å². The van der Waals surface area contributed by atoms with E-state index in [9.17, 15) is 0 Å². The van der Waals surface area contributed by atoms with Gasteiger partial charge in [-0.2, -0.15) is 5.10 Å². The first-order valence-electron chi connectivity index (χ1n) is 3.49. The fraction of sp³-hybridized carbons (Fsp3) is 0.833. The van der Waals surface area contributed by atoms with Gasteiger partial charge in [-0.15, -0.1) is 0 Å². The van der Waals surface area contributed by atoms with Crippen LogP contribution in [0.5, 0.6) is 0 Å². The molecular formula is C6H13N3S. The molecule has 0 radical (unpaired) electrons. The lowest BCUT2D eigenvalue weighted by molar-refractivity contribution is 0.810. The van der Waals surface area contributed by atoms with Gasteiger partial charge in [0, 0.05) is 5.75 Å². The molecule has 0 aliphatic heterocycles. The zero-order valence-corrected chi connectivity index (χ0v) is 6.73. The van der Waals surface area contributed by atoms with Crippen LogP contribution in [0, 0.1) is 5.92 Å². The Hall–Kier alpha value is -0.380. The average molecular weight is 159 g/mol. The quantitative estimate of drug-likeness (QED) is 0.276. The third-order valence-corrected chi connectivity index (χ3v) is 2.44. The van der Waals surface area contributed by atoms with Crippen molar-refractivity contribution in [3.63, 3.8) is 0 Å². The van der Waals surface area contributed by atoms with Gasteiger partial charge in [0.05, 0.1) is 0 Å². The fourth-order valence-electron chi connectivity index (χ4n) is 0.774. The Labute approximate surface area is 65.2 Å². The van der Waals surface area contributed by atoms with Crippen molar-refractivity contribution in [3.05, 3.63) is 0 Å². The SMILES string of the molecule is NN=C(N)SCCC1CC1. The van der Waals surface area contributed by atoms with Gasteiger partial charge in [-0.3, -0.25) is 0 Å². The van der Waals surface area contributed by atoms with Crippen LogP contribution in [-0.4, -0.2) is 10.9 Å². The molecule has 58 valence electrons. The minimum Gasteiger partial charge on any atom is -0.377 e. The predicted molar refractivity (Wildman–Crippen MR) is 45.6 cm³/mol. The number of thioether (sulfide) groups is 1. The highest BCUT2D eigenvalue weighted by molar-refractivity contribution is 8.13. The molecule has 1 rings (SSSR count). The molecule has 1 saturated carbocycles. The summed E-state index contributed by atoms with van der Waals surface area (Å²) in [5.41, 5.74) is 5.37. The van der Waals surface area contributed by atoms with Gasteiger partial charge in [0.2, 0.25) is 0 Å². The normalized spacial score (nSPS) is 19.4. The second-order valence-electron chi connectivity index (χ2n) is 2.55. The number of nitrogens with zero attached hydrogens (tertiary/aromatic N) is 1. The van der Waals surface area contributed by atoms with E-state index >= 15 is 0 Å². The van der Waals surface area contributed by atoms with Gasteiger partial charge in [-0.25, -0.2) is 0 Å². The predicted octanol–water partition coefficient (Wildman–Crippen LogP) is 0.708. The first kappa shape index (κ1) is 7.72. The Morgan fingerprint density at radius 3 is 2.80 bits per heavy atom. The molecule has 4 heteroatoms. The number of nitrogens with two attached hydrogens (primary N) is 2. The van der Waals surface area contributed by atoms with Gasteiger partial charge in [-0.05, 0) is 12.3 Å². The first-order chi connectivity index (χ1) is 4.83. The van der Waals surface area contributed by atoms with Gasteiger partial charge in [0.15, 0.2) is 5.17 Å². The van der Waals surface area contributed by atoms with Crippen molar-refractivity contribution in [2.75, 3.05) is 5.75 Å². The standard InChI is InChI=1S/C6H13N3S/c7-6(9-8)10-4-3-5-1-2-5/h5H,1-4,8H2,(H2,7,9). The minimum atomic E-state index is 0.501. The highest BCUT2D eigenvalue weighted by atomic mass is 32.2. The minimum absolute atomic E-state index is 0.501. The Morgan fingerprint density at radius 2 is 2.30 bits per heavy atom. The summed E-state index contributed by atoms with van der Waals surface area (Å²) in [6, 6.07) is 0. The Bertz CT molecular complexity index is 131. The molecule has 0 atom stereocenters. The molecule has 0 aromatic carbocycles. The molecule has 0 unspecified atom stereocenters. The Morgan fingerprint density at radius 1 is 1.60 bits per heavy atom.